The minimum absolute atomic E-state index is 0.00443. The van der Waals surface area contributed by atoms with Crippen molar-refractivity contribution in [1.29, 1.82) is 0 Å². The van der Waals surface area contributed by atoms with E-state index in [2.05, 4.69) is 10.8 Å². The lowest BCUT2D eigenvalue weighted by atomic mass is 9.42. The SMILES string of the molecule is [B]C1([B])C[C@H]2CC[C@@H]1c1ccccc1OCC1CCC[C@H](NS(C)(=O)=O)[C@@H]1CO2. The molecule has 1 aromatic carbocycles. The molecule has 5 atom stereocenters. The summed E-state index contributed by atoms with van der Waals surface area (Å²) in [5.41, 5.74) is 1.06. The molecule has 0 spiro atoms. The molecule has 8 heteroatoms. The maximum Gasteiger partial charge on any atom is 0.208 e. The van der Waals surface area contributed by atoms with E-state index in [1.165, 1.54) is 6.26 Å². The largest absolute Gasteiger partial charge is 0.493 e. The van der Waals surface area contributed by atoms with Crippen molar-refractivity contribution in [2.45, 2.75) is 61.8 Å². The van der Waals surface area contributed by atoms with E-state index in [4.69, 9.17) is 25.2 Å². The summed E-state index contributed by atoms with van der Waals surface area (Å²) in [6, 6.07) is 7.89. The van der Waals surface area contributed by atoms with Crippen LogP contribution in [-0.2, 0) is 14.8 Å². The first-order chi connectivity index (χ1) is 13.7. The van der Waals surface area contributed by atoms with Gasteiger partial charge in [-0.2, -0.15) is 0 Å². The summed E-state index contributed by atoms with van der Waals surface area (Å²) in [4.78, 5) is 0. The molecule has 0 saturated heterocycles. The first-order valence-corrected chi connectivity index (χ1v) is 12.5. The second-order valence-corrected chi connectivity index (χ2v) is 10.9. The summed E-state index contributed by atoms with van der Waals surface area (Å²) in [6.07, 6.45) is 6.32. The third-order valence-corrected chi connectivity index (χ3v) is 7.59. The third kappa shape index (κ3) is 4.86. The summed E-state index contributed by atoms with van der Waals surface area (Å²) in [5, 5.41) is -0.863. The Morgan fingerprint density at radius 1 is 1.10 bits per heavy atom. The molecule has 1 N–H and O–H groups in total. The van der Waals surface area contributed by atoms with Gasteiger partial charge >= 0.3 is 0 Å². The van der Waals surface area contributed by atoms with Crippen molar-refractivity contribution in [3.05, 3.63) is 29.8 Å². The number of ether oxygens (including phenoxy) is 2. The Hall–Kier alpha value is -0.980. The van der Waals surface area contributed by atoms with Crippen molar-refractivity contribution >= 4 is 25.7 Å². The van der Waals surface area contributed by atoms with E-state index in [9.17, 15) is 8.42 Å². The number of hydrogen-bond acceptors (Lipinski definition) is 4. The molecule has 2 fully saturated rings. The van der Waals surface area contributed by atoms with Gasteiger partial charge in [0.25, 0.3) is 0 Å². The van der Waals surface area contributed by atoms with E-state index in [1.54, 1.807) is 0 Å². The number of para-hydroxylation sites is 1. The van der Waals surface area contributed by atoms with Crippen LogP contribution in [0.25, 0.3) is 0 Å². The fraction of sp³-hybridized carbons (Fsp3) is 0.714. The van der Waals surface area contributed by atoms with Crippen LogP contribution in [0.1, 0.15) is 50.0 Å². The molecule has 2 heterocycles. The first-order valence-electron chi connectivity index (χ1n) is 10.6. The lowest BCUT2D eigenvalue weighted by molar-refractivity contribution is -0.0321. The Morgan fingerprint density at radius 3 is 2.66 bits per heavy atom. The minimum atomic E-state index is -3.29. The zero-order chi connectivity index (χ0) is 20.6. The fourth-order valence-electron chi connectivity index (χ4n) is 5.43. The molecule has 0 aromatic heterocycles. The molecule has 2 aliphatic heterocycles. The van der Waals surface area contributed by atoms with Crippen LogP contribution in [-0.4, -0.2) is 55.7 Å². The number of fused-ring (bicyclic) bond motifs is 4. The summed E-state index contributed by atoms with van der Waals surface area (Å²) < 4.78 is 39.3. The molecule has 1 aromatic rings. The zero-order valence-corrected chi connectivity index (χ0v) is 17.9. The van der Waals surface area contributed by atoms with Crippen LogP contribution in [0.5, 0.6) is 5.75 Å². The summed E-state index contributed by atoms with van der Waals surface area (Å²) in [7, 11) is 9.81. The van der Waals surface area contributed by atoms with Gasteiger partial charge in [-0.3, -0.25) is 0 Å². The highest BCUT2D eigenvalue weighted by molar-refractivity contribution is 7.88. The fourth-order valence-corrected chi connectivity index (χ4v) is 6.27. The van der Waals surface area contributed by atoms with Crippen LogP contribution in [0.15, 0.2) is 24.3 Å². The Balaban J connectivity index is 1.65. The van der Waals surface area contributed by atoms with Crippen molar-refractivity contribution in [1.82, 2.24) is 4.72 Å². The van der Waals surface area contributed by atoms with E-state index >= 15 is 0 Å². The van der Waals surface area contributed by atoms with E-state index in [-0.39, 0.29) is 29.9 Å². The number of hydrogen-bond donors (Lipinski definition) is 1. The Bertz CT molecular complexity index is 832. The van der Waals surface area contributed by atoms with E-state index in [0.717, 1.165) is 43.4 Å². The lowest BCUT2D eigenvalue weighted by Crippen LogP contribution is -2.49. The average molecular weight is 413 g/mol. The van der Waals surface area contributed by atoms with Crippen LogP contribution in [0.3, 0.4) is 0 Å². The zero-order valence-electron chi connectivity index (χ0n) is 17.0. The van der Waals surface area contributed by atoms with Gasteiger partial charge in [-0.15, -0.1) is 0 Å². The standard InChI is InChI=1S/C21H29B2NO4S/c1-29(25,26)24-19-7-4-5-14-12-28-20-8-3-2-6-16(20)18-10-9-15(11-21(18,22)23)27-13-17(14)19/h2-3,6,8,14-15,17-19,24H,4-5,7,9-13H2,1H3/t14?,15-,17-,18-,19+/m1/s1. The first kappa shape index (κ1) is 21.3. The van der Waals surface area contributed by atoms with Crippen molar-refractivity contribution in [3.63, 3.8) is 0 Å². The van der Waals surface area contributed by atoms with E-state index < -0.39 is 15.2 Å². The highest BCUT2D eigenvalue weighted by Crippen LogP contribution is 2.51. The van der Waals surface area contributed by atoms with Gasteiger partial charge in [0.2, 0.25) is 10.0 Å². The summed E-state index contributed by atoms with van der Waals surface area (Å²) in [5.74, 6) is 1.16. The number of rotatable bonds is 2. The third-order valence-electron chi connectivity index (χ3n) is 6.86. The number of benzene rings is 1. The molecule has 5 rings (SSSR count). The molecule has 2 saturated carbocycles. The topological polar surface area (TPSA) is 64.6 Å². The number of sulfonamides is 1. The predicted molar refractivity (Wildman–Crippen MR) is 115 cm³/mol. The average Bonchev–Trinajstić information content (AvgIpc) is 2.63. The van der Waals surface area contributed by atoms with Gasteiger partial charge in [0.1, 0.15) is 5.75 Å². The lowest BCUT2D eigenvalue weighted by Gasteiger charge is -2.46. The smallest absolute Gasteiger partial charge is 0.208 e. The van der Waals surface area contributed by atoms with Crippen LogP contribution in [0, 0.1) is 11.8 Å². The van der Waals surface area contributed by atoms with Gasteiger partial charge in [0.15, 0.2) is 0 Å². The van der Waals surface area contributed by atoms with Crippen molar-refractivity contribution in [2.24, 2.45) is 11.8 Å². The Morgan fingerprint density at radius 2 is 1.90 bits per heavy atom. The quantitative estimate of drug-likeness (QED) is 0.758. The summed E-state index contributed by atoms with van der Waals surface area (Å²) in [6.45, 7) is 1.03. The predicted octanol–water partition coefficient (Wildman–Crippen LogP) is 2.52. The Labute approximate surface area is 177 Å². The Kier molecular flexibility index (Phi) is 6.07. The van der Waals surface area contributed by atoms with Crippen molar-refractivity contribution < 1.29 is 17.9 Å². The normalized spacial score (nSPS) is 34.7. The van der Waals surface area contributed by atoms with Gasteiger partial charge < -0.3 is 9.47 Å². The van der Waals surface area contributed by atoms with Crippen molar-refractivity contribution in [3.8, 4) is 5.75 Å². The van der Waals surface area contributed by atoms with Crippen LogP contribution in [0.4, 0.5) is 0 Å². The molecule has 0 amide bonds. The van der Waals surface area contributed by atoms with Crippen LogP contribution < -0.4 is 9.46 Å². The van der Waals surface area contributed by atoms with Gasteiger partial charge in [0.05, 0.1) is 41.3 Å². The van der Waals surface area contributed by atoms with Gasteiger partial charge in [-0.25, -0.2) is 13.1 Å². The molecule has 29 heavy (non-hydrogen) atoms. The van der Waals surface area contributed by atoms with E-state index in [0.29, 0.717) is 19.6 Å². The molecule has 2 bridgehead atoms. The molecule has 2 aliphatic carbocycles. The second-order valence-electron chi connectivity index (χ2n) is 9.10. The highest BCUT2D eigenvalue weighted by atomic mass is 32.2. The van der Waals surface area contributed by atoms with Crippen LogP contribution >= 0.6 is 0 Å². The monoisotopic (exact) mass is 413 g/mol. The summed E-state index contributed by atoms with van der Waals surface area (Å²) >= 11 is 0. The molecule has 4 radical (unpaired) electrons. The van der Waals surface area contributed by atoms with E-state index in [1.807, 2.05) is 18.2 Å². The molecule has 1 unspecified atom stereocenters. The number of nitrogens with one attached hydrogen (secondary N) is 1. The molecule has 154 valence electrons. The molecular formula is C21H29B2NO4S. The highest BCUT2D eigenvalue weighted by Gasteiger charge is 2.41. The molecule has 4 aliphatic rings. The van der Waals surface area contributed by atoms with Crippen molar-refractivity contribution in [2.75, 3.05) is 19.5 Å². The van der Waals surface area contributed by atoms with Gasteiger partial charge in [0, 0.05) is 12.0 Å². The van der Waals surface area contributed by atoms with Crippen LogP contribution in [0.2, 0.25) is 5.21 Å². The second kappa shape index (κ2) is 8.27. The maximum absolute atomic E-state index is 11.9. The van der Waals surface area contributed by atoms with Gasteiger partial charge in [-0.05, 0) is 55.6 Å². The van der Waals surface area contributed by atoms with Gasteiger partial charge in [-0.1, -0.05) is 29.8 Å². The molecular weight excluding hydrogens is 384 g/mol. The minimum Gasteiger partial charge on any atom is -0.493 e. The molecule has 5 nitrogen and oxygen atoms in total. The maximum atomic E-state index is 11.9.